The summed E-state index contributed by atoms with van der Waals surface area (Å²) in [4.78, 5) is 4.92. The summed E-state index contributed by atoms with van der Waals surface area (Å²) < 4.78 is 2.28. The quantitative estimate of drug-likeness (QED) is 0.410. The number of hydrogen-bond donors (Lipinski definition) is 1. The molecule has 5 aromatic rings. The van der Waals surface area contributed by atoms with Gasteiger partial charge in [-0.2, -0.15) is 0 Å². The second kappa shape index (κ2) is 7.28. The van der Waals surface area contributed by atoms with E-state index >= 15 is 0 Å². The Hall–Kier alpha value is -3.85. The van der Waals surface area contributed by atoms with E-state index in [0.717, 1.165) is 40.1 Å². The van der Waals surface area contributed by atoms with E-state index in [2.05, 4.69) is 71.3 Å². The fourth-order valence-electron chi connectivity index (χ4n) is 3.69. The molecule has 0 saturated heterocycles. The van der Waals surface area contributed by atoms with Crippen molar-refractivity contribution in [2.75, 3.05) is 0 Å². The summed E-state index contributed by atoms with van der Waals surface area (Å²) in [5.41, 5.74) is 6.65. The molecule has 5 rings (SSSR count). The molecule has 1 aromatic heterocycles. The first-order valence-corrected chi connectivity index (χ1v) is 9.67. The van der Waals surface area contributed by atoms with E-state index in [1.165, 1.54) is 5.56 Å². The second-order valence-electron chi connectivity index (χ2n) is 7.12. The molecule has 0 aliphatic carbocycles. The van der Waals surface area contributed by atoms with Gasteiger partial charge in [0.25, 0.3) is 0 Å². The Morgan fingerprint density at radius 3 is 1.93 bits per heavy atom. The SMILES string of the molecule is Oc1ccc(-c2ccc(-c3nc4ccccc4n3Cc3ccccc3)cc2)cc1. The number of imidazole rings is 1. The van der Waals surface area contributed by atoms with Crippen LogP contribution in [-0.2, 0) is 6.54 Å². The van der Waals surface area contributed by atoms with Crippen LogP contribution in [0.3, 0.4) is 0 Å². The lowest BCUT2D eigenvalue weighted by Gasteiger charge is -2.10. The lowest BCUT2D eigenvalue weighted by Crippen LogP contribution is -2.02. The molecule has 0 unspecified atom stereocenters. The molecule has 0 amide bonds. The summed E-state index contributed by atoms with van der Waals surface area (Å²) in [6, 6.07) is 34.5. The number of phenols is 1. The first-order valence-electron chi connectivity index (χ1n) is 9.67. The van der Waals surface area contributed by atoms with Crippen molar-refractivity contribution in [2.24, 2.45) is 0 Å². The van der Waals surface area contributed by atoms with Gasteiger partial charge in [-0.3, -0.25) is 0 Å². The molecule has 0 aliphatic heterocycles. The van der Waals surface area contributed by atoms with Crippen molar-refractivity contribution in [3.05, 3.63) is 109 Å². The number of nitrogens with zero attached hydrogens (tertiary/aromatic N) is 2. The zero-order chi connectivity index (χ0) is 19.6. The van der Waals surface area contributed by atoms with Crippen LogP contribution in [0.1, 0.15) is 5.56 Å². The van der Waals surface area contributed by atoms with Gasteiger partial charge in [0.05, 0.1) is 11.0 Å². The number of aromatic hydroxyl groups is 1. The van der Waals surface area contributed by atoms with Crippen LogP contribution >= 0.6 is 0 Å². The topological polar surface area (TPSA) is 38.1 Å². The number of phenolic OH excluding ortho intramolecular Hbond substituents is 1. The molecular formula is C26H20N2O. The minimum atomic E-state index is 0.278. The van der Waals surface area contributed by atoms with E-state index in [4.69, 9.17) is 4.98 Å². The van der Waals surface area contributed by atoms with E-state index in [1.54, 1.807) is 12.1 Å². The van der Waals surface area contributed by atoms with Gasteiger partial charge in [-0.15, -0.1) is 0 Å². The summed E-state index contributed by atoms with van der Waals surface area (Å²) in [5.74, 6) is 1.24. The number of hydrogen-bond acceptors (Lipinski definition) is 2. The standard InChI is InChI=1S/C26H20N2O/c29-23-16-14-21(15-17-23)20-10-12-22(13-11-20)26-27-24-8-4-5-9-25(24)28(26)18-19-6-2-1-3-7-19/h1-17,29H,18H2. The van der Waals surface area contributed by atoms with Crippen molar-refractivity contribution in [3.63, 3.8) is 0 Å². The number of rotatable bonds is 4. The summed E-state index contributed by atoms with van der Waals surface area (Å²) in [6.07, 6.45) is 0. The monoisotopic (exact) mass is 376 g/mol. The molecular weight excluding hydrogens is 356 g/mol. The molecule has 0 aliphatic rings. The minimum absolute atomic E-state index is 0.278. The van der Waals surface area contributed by atoms with Gasteiger partial charge < -0.3 is 9.67 Å². The fraction of sp³-hybridized carbons (Fsp3) is 0.0385. The summed E-state index contributed by atoms with van der Waals surface area (Å²) in [6.45, 7) is 0.774. The summed E-state index contributed by atoms with van der Waals surface area (Å²) in [5, 5.41) is 9.51. The zero-order valence-electron chi connectivity index (χ0n) is 15.9. The smallest absolute Gasteiger partial charge is 0.141 e. The minimum Gasteiger partial charge on any atom is -0.508 e. The van der Waals surface area contributed by atoms with Gasteiger partial charge in [0, 0.05) is 12.1 Å². The summed E-state index contributed by atoms with van der Waals surface area (Å²) in [7, 11) is 0. The van der Waals surface area contributed by atoms with Crippen LogP contribution in [0.15, 0.2) is 103 Å². The molecule has 0 radical (unpaired) electrons. The molecule has 3 nitrogen and oxygen atoms in total. The van der Waals surface area contributed by atoms with Crippen LogP contribution in [0.4, 0.5) is 0 Å². The molecule has 1 N–H and O–H groups in total. The third-order valence-electron chi connectivity index (χ3n) is 5.18. The number of benzene rings is 4. The van der Waals surface area contributed by atoms with Gasteiger partial charge in [0.15, 0.2) is 0 Å². The van der Waals surface area contributed by atoms with E-state index < -0.39 is 0 Å². The van der Waals surface area contributed by atoms with E-state index in [1.807, 2.05) is 24.3 Å². The first kappa shape index (κ1) is 17.3. The second-order valence-corrected chi connectivity index (χ2v) is 7.12. The molecule has 4 aromatic carbocycles. The highest BCUT2D eigenvalue weighted by atomic mass is 16.3. The van der Waals surface area contributed by atoms with E-state index in [-0.39, 0.29) is 5.75 Å². The number of aromatic nitrogens is 2. The molecule has 29 heavy (non-hydrogen) atoms. The Bertz CT molecular complexity index is 1250. The van der Waals surface area contributed by atoms with Crippen molar-refractivity contribution < 1.29 is 5.11 Å². The molecule has 0 spiro atoms. The largest absolute Gasteiger partial charge is 0.508 e. The average molecular weight is 376 g/mol. The van der Waals surface area contributed by atoms with Gasteiger partial charge in [0.1, 0.15) is 11.6 Å². The van der Waals surface area contributed by atoms with Gasteiger partial charge in [-0.25, -0.2) is 4.98 Å². The fourth-order valence-corrected chi connectivity index (χ4v) is 3.69. The Morgan fingerprint density at radius 1 is 0.621 bits per heavy atom. The number of fused-ring (bicyclic) bond motifs is 1. The van der Waals surface area contributed by atoms with Gasteiger partial charge in [0.2, 0.25) is 0 Å². The van der Waals surface area contributed by atoms with E-state index in [9.17, 15) is 5.11 Å². The summed E-state index contributed by atoms with van der Waals surface area (Å²) >= 11 is 0. The normalized spacial score (nSPS) is 11.0. The van der Waals surface area contributed by atoms with Crippen LogP contribution in [0.25, 0.3) is 33.5 Å². The van der Waals surface area contributed by atoms with Crippen molar-refractivity contribution in [1.82, 2.24) is 9.55 Å². The third-order valence-corrected chi connectivity index (χ3v) is 5.18. The predicted molar refractivity (Wildman–Crippen MR) is 118 cm³/mol. The molecule has 1 heterocycles. The molecule has 140 valence electrons. The molecule has 0 saturated carbocycles. The molecule has 0 bridgehead atoms. The van der Waals surface area contributed by atoms with Gasteiger partial charge in [-0.05, 0) is 41.0 Å². The van der Waals surface area contributed by atoms with Crippen LogP contribution in [-0.4, -0.2) is 14.7 Å². The predicted octanol–water partition coefficient (Wildman–Crippen LogP) is 6.12. The van der Waals surface area contributed by atoms with Crippen LogP contribution in [0.5, 0.6) is 5.75 Å². The highest BCUT2D eigenvalue weighted by molar-refractivity contribution is 5.81. The van der Waals surface area contributed by atoms with Gasteiger partial charge >= 0.3 is 0 Å². The molecule has 3 heteroatoms. The average Bonchev–Trinajstić information content (AvgIpc) is 3.14. The Morgan fingerprint density at radius 2 is 1.21 bits per heavy atom. The van der Waals surface area contributed by atoms with Crippen molar-refractivity contribution >= 4 is 11.0 Å². The third kappa shape index (κ3) is 3.39. The Kier molecular flexibility index (Phi) is 4.34. The Balaban J connectivity index is 1.57. The van der Waals surface area contributed by atoms with Crippen molar-refractivity contribution in [2.45, 2.75) is 6.54 Å². The lowest BCUT2D eigenvalue weighted by atomic mass is 10.0. The lowest BCUT2D eigenvalue weighted by molar-refractivity contribution is 0.475. The highest BCUT2D eigenvalue weighted by Crippen LogP contribution is 2.29. The molecule has 0 atom stereocenters. The number of para-hydroxylation sites is 2. The zero-order valence-corrected chi connectivity index (χ0v) is 15.9. The van der Waals surface area contributed by atoms with Crippen LogP contribution in [0.2, 0.25) is 0 Å². The first-order chi connectivity index (χ1) is 14.3. The van der Waals surface area contributed by atoms with Crippen LogP contribution in [0, 0.1) is 0 Å². The molecule has 0 fully saturated rings. The maximum atomic E-state index is 9.51. The maximum absolute atomic E-state index is 9.51. The van der Waals surface area contributed by atoms with Crippen molar-refractivity contribution in [1.29, 1.82) is 0 Å². The van der Waals surface area contributed by atoms with Gasteiger partial charge in [-0.1, -0.05) is 78.9 Å². The van der Waals surface area contributed by atoms with E-state index in [0.29, 0.717) is 0 Å². The highest BCUT2D eigenvalue weighted by Gasteiger charge is 2.13. The Labute approximate surface area is 169 Å². The van der Waals surface area contributed by atoms with Crippen LogP contribution < -0.4 is 0 Å². The maximum Gasteiger partial charge on any atom is 0.141 e. The van der Waals surface area contributed by atoms with Crippen molar-refractivity contribution in [3.8, 4) is 28.3 Å².